The number of anilines is 1. The molecule has 1 aromatic carbocycles. The highest BCUT2D eigenvalue weighted by atomic mass is 32.2. The van der Waals surface area contributed by atoms with E-state index in [2.05, 4.69) is 5.32 Å². The second kappa shape index (κ2) is 7.76. The molecule has 0 unspecified atom stereocenters. The van der Waals surface area contributed by atoms with Gasteiger partial charge in [-0.05, 0) is 12.1 Å². The van der Waals surface area contributed by atoms with Gasteiger partial charge in [-0.15, -0.1) is 0 Å². The third-order valence-corrected chi connectivity index (χ3v) is 3.21. The lowest BCUT2D eigenvalue weighted by atomic mass is 10.3. The number of para-hydroxylation sites is 1. The van der Waals surface area contributed by atoms with E-state index >= 15 is 0 Å². The molecular formula is C13H18N2O2S. The Kier molecular flexibility index (Phi) is 6.28. The Bertz CT molecular complexity index is 393. The molecule has 0 heterocycles. The zero-order chi connectivity index (χ0) is 13.4. The second-order valence-corrected chi connectivity index (χ2v) is 5.11. The number of nitrogens with zero attached hydrogens (tertiary/aromatic N) is 1. The number of amides is 2. The lowest BCUT2D eigenvalue weighted by molar-refractivity contribution is -0.128. The van der Waals surface area contributed by atoms with E-state index in [1.165, 1.54) is 11.8 Å². The first-order valence-electron chi connectivity index (χ1n) is 5.72. The summed E-state index contributed by atoms with van der Waals surface area (Å²) < 4.78 is 0. The average Bonchev–Trinajstić information content (AvgIpc) is 2.35. The molecule has 0 aliphatic rings. The van der Waals surface area contributed by atoms with Crippen LogP contribution in [0.1, 0.15) is 6.42 Å². The predicted molar refractivity (Wildman–Crippen MR) is 75.7 cm³/mol. The normalized spacial score (nSPS) is 9.89. The first-order valence-corrected chi connectivity index (χ1v) is 6.88. The van der Waals surface area contributed by atoms with Crippen LogP contribution in [0.5, 0.6) is 0 Å². The van der Waals surface area contributed by atoms with Crippen molar-refractivity contribution in [2.75, 3.05) is 30.9 Å². The third-order valence-electron chi connectivity index (χ3n) is 2.25. The zero-order valence-corrected chi connectivity index (χ0v) is 11.5. The van der Waals surface area contributed by atoms with Gasteiger partial charge < -0.3 is 10.2 Å². The van der Waals surface area contributed by atoms with E-state index in [4.69, 9.17) is 0 Å². The Hall–Kier alpha value is -1.49. The zero-order valence-electron chi connectivity index (χ0n) is 10.7. The van der Waals surface area contributed by atoms with Crippen molar-refractivity contribution >= 4 is 29.3 Å². The second-order valence-electron chi connectivity index (χ2n) is 4.00. The smallest absolute Gasteiger partial charge is 0.234 e. The van der Waals surface area contributed by atoms with Gasteiger partial charge in [-0.2, -0.15) is 11.8 Å². The van der Waals surface area contributed by atoms with Crippen LogP contribution in [-0.2, 0) is 9.59 Å². The molecule has 18 heavy (non-hydrogen) atoms. The Balaban J connectivity index is 2.16. The number of carbonyl (C=O) groups excluding carboxylic acids is 2. The SMILES string of the molecule is CN(C)C(=O)CCSCC(=O)Nc1ccccc1. The monoisotopic (exact) mass is 266 g/mol. The standard InChI is InChI=1S/C13H18N2O2S/c1-15(2)13(17)8-9-18-10-12(16)14-11-6-4-3-5-7-11/h3-7H,8-10H2,1-2H3,(H,14,16). The number of thioether (sulfide) groups is 1. The maximum absolute atomic E-state index is 11.6. The molecule has 0 spiro atoms. The van der Waals surface area contributed by atoms with Gasteiger partial charge >= 0.3 is 0 Å². The summed E-state index contributed by atoms with van der Waals surface area (Å²) in [6, 6.07) is 9.34. The van der Waals surface area contributed by atoms with E-state index in [1.54, 1.807) is 19.0 Å². The molecule has 0 saturated carbocycles. The molecule has 98 valence electrons. The van der Waals surface area contributed by atoms with Gasteiger partial charge in [0.15, 0.2) is 0 Å². The van der Waals surface area contributed by atoms with E-state index in [9.17, 15) is 9.59 Å². The van der Waals surface area contributed by atoms with Crippen molar-refractivity contribution < 1.29 is 9.59 Å². The van der Waals surface area contributed by atoms with Gasteiger partial charge in [0.2, 0.25) is 11.8 Å². The number of hydrogen-bond donors (Lipinski definition) is 1. The van der Waals surface area contributed by atoms with E-state index in [1.807, 2.05) is 30.3 Å². The number of hydrogen-bond acceptors (Lipinski definition) is 3. The van der Waals surface area contributed by atoms with E-state index in [-0.39, 0.29) is 11.8 Å². The highest BCUT2D eigenvalue weighted by Crippen LogP contribution is 2.08. The van der Waals surface area contributed by atoms with E-state index in [0.29, 0.717) is 17.9 Å². The minimum absolute atomic E-state index is 0.0384. The fourth-order valence-corrected chi connectivity index (χ4v) is 1.99. The number of rotatable bonds is 6. The molecule has 5 heteroatoms. The highest BCUT2D eigenvalue weighted by molar-refractivity contribution is 7.99. The van der Waals surface area contributed by atoms with Crippen molar-refractivity contribution in [2.45, 2.75) is 6.42 Å². The average molecular weight is 266 g/mol. The van der Waals surface area contributed by atoms with Gasteiger partial charge in [0, 0.05) is 32.0 Å². The molecular weight excluding hydrogens is 248 g/mol. The van der Waals surface area contributed by atoms with Crippen LogP contribution in [-0.4, -0.2) is 42.3 Å². The van der Waals surface area contributed by atoms with Crippen molar-refractivity contribution in [3.8, 4) is 0 Å². The van der Waals surface area contributed by atoms with Crippen LogP contribution >= 0.6 is 11.8 Å². The molecule has 0 saturated heterocycles. The fourth-order valence-electron chi connectivity index (χ4n) is 1.27. The lowest BCUT2D eigenvalue weighted by Gasteiger charge is -2.09. The maximum atomic E-state index is 11.6. The first kappa shape index (κ1) is 14.6. The van der Waals surface area contributed by atoms with Crippen LogP contribution in [0.2, 0.25) is 0 Å². The Morgan fingerprint density at radius 2 is 1.89 bits per heavy atom. The summed E-state index contributed by atoms with van der Waals surface area (Å²) in [6.07, 6.45) is 0.469. The molecule has 2 amide bonds. The lowest BCUT2D eigenvalue weighted by Crippen LogP contribution is -2.22. The van der Waals surface area contributed by atoms with E-state index in [0.717, 1.165) is 5.69 Å². The van der Waals surface area contributed by atoms with Crippen LogP contribution in [0, 0.1) is 0 Å². The van der Waals surface area contributed by atoms with Crippen molar-refractivity contribution in [2.24, 2.45) is 0 Å². The van der Waals surface area contributed by atoms with Crippen LogP contribution < -0.4 is 5.32 Å². The van der Waals surface area contributed by atoms with Gasteiger partial charge in [-0.3, -0.25) is 9.59 Å². The molecule has 0 aliphatic carbocycles. The minimum atomic E-state index is -0.0384. The van der Waals surface area contributed by atoms with Crippen molar-refractivity contribution in [1.82, 2.24) is 4.90 Å². The maximum Gasteiger partial charge on any atom is 0.234 e. The van der Waals surface area contributed by atoms with Crippen molar-refractivity contribution in [3.63, 3.8) is 0 Å². The number of benzene rings is 1. The minimum Gasteiger partial charge on any atom is -0.349 e. The summed E-state index contributed by atoms with van der Waals surface area (Å²) >= 11 is 1.47. The predicted octanol–water partition coefficient (Wildman–Crippen LogP) is 1.84. The largest absolute Gasteiger partial charge is 0.349 e. The molecule has 0 bridgehead atoms. The first-order chi connectivity index (χ1) is 8.59. The number of nitrogens with one attached hydrogen (secondary N) is 1. The third kappa shape index (κ3) is 5.72. The van der Waals surface area contributed by atoms with Gasteiger partial charge in [-0.25, -0.2) is 0 Å². The summed E-state index contributed by atoms with van der Waals surface area (Å²) in [5.41, 5.74) is 0.799. The molecule has 0 aliphatic heterocycles. The summed E-state index contributed by atoms with van der Waals surface area (Å²) in [5, 5.41) is 2.80. The Morgan fingerprint density at radius 1 is 1.22 bits per heavy atom. The van der Waals surface area contributed by atoms with Crippen LogP contribution in [0.3, 0.4) is 0 Å². The van der Waals surface area contributed by atoms with E-state index < -0.39 is 0 Å². The van der Waals surface area contributed by atoms with Gasteiger partial charge in [0.05, 0.1) is 5.75 Å². The summed E-state index contributed by atoms with van der Waals surface area (Å²) in [4.78, 5) is 24.4. The summed E-state index contributed by atoms with van der Waals surface area (Å²) in [6.45, 7) is 0. The molecule has 0 fully saturated rings. The highest BCUT2D eigenvalue weighted by Gasteiger charge is 2.05. The van der Waals surface area contributed by atoms with Gasteiger partial charge in [0.1, 0.15) is 0 Å². The topological polar surface area (TPSA) is 49.4 Å². The fraction of sp³-hybridized carbons (Fsp3) is 0.385. The Morgan fingerprint density at radius 3 is 2.50 bits per heavy atom. The van der Waals surface area contributed by atoms with Crippen molar-refractivity contribution in [3.05, 3.63) is 30.3 Å². The quantitative estimate of drug-likeness (QED) is 0.799. The molecule has 1 aromatic rings. The molecule has 0 aromatic heterocycles. The van der Waals surface area contributed by atoms with Gasteiger partial charge in [0.25, 0.3) is 0 Å². The van der Waals surface area contributed by atoms with Gasteiger partial charge in [-0.1, -0.05) is 18.2 Å². The number of carbonyl (C=O) groups is 2. The molecule has 0 radical (unpaired) electrons. The summed E-state index contributed by atoms with van der Waals surface area (Å²) in [7, 11) is 3.46. The van der Waals surface area contributed by atoms with Crippen LogP contribution in [0.4, 0.5) is 5.69 Å². The molecule has 1 rings (SSSR count). The van der Waals surface area contributed by atoms with Crippen molar-refractivity contribution in [1.29, 1.82) is 0 Å². The Labute approximate surface area is 112 Å². The molecule has 0 atom stereocenters. The van der Waals surface area contributed by atoms with Crippen LogP contribution in [0.15, 0.2) is 30.3 Å². The van der Waals surface area contributed by atoms with Crippen LogP contribution in [0.25, 0.3) is 0 Å². The molecule has 4 nitrogen and oxygen atoms in total. The molecule has 1 N–H and O–H groups in total. The summed E-state index contributed by atoms with van der Waals surface area (Å²) in [5.74, 6) is 1.09.